The normalized spacial score (nSPS) is 11.0. The Hall–Kier alpha value is -2.96. The van der Waals surface area contributed by atoms with Gasteiger partial charge in [-0.15, -0.1) is 0 Å². The van der Waals surface area contributed by atoms with Crippen molar-refractivity contribution in [3.05, 3.63) is 83.1 Å². The van der Waals surface area contributed by atoms with Gasteiger partial charge in [0.2, 0.25) is 0 Å². The summed E-state index contributed by atoms with van der Waals surface area (Å²) in [7, 11) is 0. The second-order valence-electron chi connectivity index (χ2n) is 6.03. The lowest BCUT2D eigenvalue weighted by atomic mass is 10.2. The molecule has 7 heteroatoms. The molecule has 2 aromatic heterocycles. The average Bonchev–Trinajstić information content (AvgIpc) is 3.06. The fraction of sp³-hybridized carbons (Fsp3) is 0.150. The van der Waals surface area contributed by atoms with Crippen molar-refractivity contribution in [2.75, 3.05) is 12.0 Å². The highest BCUT2D eigenvalue weighted by Crippen LogP contribution is 2.23. The first-order valence-corrected chi connectivity index (χ1v) is 8.95. The van der Waals surface area contributed by atoms with Gasteiger partial charge in [-0.1, -0.05) is 35.9 Å². The second-order valence-corrected chi connectivity index (χ2v) is 6.47. The van der Waals surface area contributed by atoms with Gasteiger partial charge in [-0.05, 0) is 42.0 Å². The van der Waals surface area contributed by atoms with Crippen LogP contribution in [0.25, 0.3) is 10.9 Å². The average molecular weight is 380 g/mol. The van der Waals surface area contributed by atoms with Gasteiger partial charge >= 0.3 is 0 Å². The van der Waals surface area contributed by atoms with Crippen LogP contribution in [0.3, 0.4) is 0 Å². The summed E-state index contributed by atoms with van der Waals surface area (Å²) in [6.45, 7) is 1.39. The first-order valence-electron chi connectivity index (χ1n) is 8.58. The van der Waals surface area contributed by atoms with E-state index in [-0.39, 0.29) is 0 Å². The third-order valence-electron chi connectivity index (χ3n) is 4.12. The van der Waals surface area contributed by atoms with Gasteiger partial charge in [0.1, 0.15) is 6.73 Å². The molecule has 0 aliphatic rings. The van der Waals surface area contributed by atoms with E-state index in [1.807, 2.05) is 59.3 Å². The van der Waals surface area contributed by atoms with Gasteiger partial charge in [0.25, 0.3) is 0 Å². The highest BCUT2D eigenvalue weighted by molar-refractivity contribution is 6.30. The van der Waals surface area contributed by atoms with Crippen LogP contribution in [-0.4, -0.2) is 26.7 Å². The monoisotopic (exact) mass is 379 g/mol. The van der Waals surface area contributed by atoms with Gasteiger partial charge in [0.15, 0.2) is 5.82 Å². The molecule has 0 aliphatic carbocycles. The van der Waals surface area contributed by atoms with E-state index in [0.717, 1.165) is 33.0 Å². The topological polar surface area (TPSA) is 64.9 Å². The van der Waals surface area contributed by atoms with Gasteiger partial charge < -0.3 is 10.1 Å². The van der Waals surface area contributed by atoms with Crippen molar-refractivity contribution >= 4 is 28.3 Å². The Morgan fingerprint density at radius 1 is 1.00 bits per heavy atom. The van der Waals surface area contributed by atoms with Crippen molar-refractivity contribution < 1.29 is 4.74 Å². The van der Waals surface area contributed by atoms with Crippen LogP contribution in [0, 0.1) is 0 Å². The summed E-state index contributed by atoms with van der Waals surface area (Å²) in [5.41, 5.74) is 2.99. The molecular formula is C20H18ClN5O. The van der Waals surface area contributed by atoms with E-state index < -0.39 is 0 Å². The van der Waals surface area contributed by atoms with Gasteiger partial charge in [-0.25, -0.2) is 0 Å². The molecule has 136 valence electrons. The number of para-hydroxylation sites is 1. The second kappa shape index (κ2) is 8.16. The number of benzene rings is 2. The molecule has 0 saturated heterocycles. The van der Waals surface area contributed by atoms with Crippen LogP contribution in [0.15, 0.2) is 66.9 Å². The molecule has 0 aliphatic heterocycles. The zero-order chi connectivity index (χ0) is 18.5. The molecule has 4 rings (SSSR count). The summed E-state index contributed by atoms with van der Waals surface area (Å²) >= 11 is 5.97. The highest BCUT2D eigenvalue weighted by Gasteiger charge is 2.10. The maximum Gasteiger partial charge on any atom is 0.157 e. The third-order valence-corrected chi connectivity index (χ3v) is 4.37. The van der Waals surface area contributed by atoms with Crippen molar-refractivity contribution in [3.8, 4) is 0 Å². The Kier molecular flexibility index (Phi) is 5.27. The maximum atomic E-state index is 5.97. The minimum absolute atomic E-state index is 0.332. The lowest BCUT2D eigenvalue weighted by Crippen LogP contribution is -2.08. The molecule has 0 amide bonds. The Morgan fingerprint density at radius 2 is 1.85 bits per heavy atom. The van der Waals surface area contributed by atoms with Crippen LogP contribution in [0.5, 0.6) is 0 Å². The van der Waals surface area contributed by atoms with E-state index in [1.165, 1.54) is 0 Å². The lowest BCUT2D eigenvalue weighted by Gasteiger charge is -2.05. The number of nitrogens with one attached hydrogen (secondary N) is 1. The zero-order valence-corrected chi connectivity index (χ0v) is 15.3. The molecule has 1 N–H and O–H groups in total. The summed E-state index contributed by atoms with van der Waals surface area (Å²) < 4.78 is 7.61. The van der Waals surface area contributed by atoms with E-state index in [4.69, 9.17) is 21.4 Å². The molecule has 0 spiro atoms. The standard InChI is InChI=1S/C20H18ClN5O/c21-16-9-7-15(8-10-16)12-26-19-6-2-1-5-18(19)20(25-26)22-14-27-13-17-4-3-11-23-24-17/h1-11H,12-14H2,(H,22,25). The van der Waals surface area contributed by atoms with Crippen molar-refractivity contribution in [2.24, 2.45) is 0 Å². The Bertz CT molecular complexity index is 1020. The van der Waals surface area contributed by atoms with Gasteiger partial charge in [0.05, 0.1) is 24.4 Å². The first-order chi connectivity index (χ1) is 13.3. The number of rotatable bonds is 7. The summed E-state index contributed by atoms with van der Waals surface area (Å²) in [5, 5.41) is 17.6. The zero-order valence-electron chi connectivity index (χ0n) is 14.5. The number of hydrogen-bond acceptors (Lipinski definition) is 5. The fourth-order valence-corrected chi connectivity index (χ4v) is 2.95. The largest absolute Gasteiger partial charge is 0.355 e. The van der Waals surface area contributed by atoms with Gasteiger partial charge in [-0.2, -0.15) is 15.3 Å². The number of nitrogens with zero attached hydrogens (tertiary/aromatic N) is 4. The van der Waals surface area contributed by atoms with Crippen LogP contribution in [0.4, 0.5) is 5.82 Å². The molecule has 0 radical (unpaired) electrons. The summed E-state index contributed by atoms with van der Waals surface area (Å²) in [6.07, 6.45) is 1.64. The van der Waals surface area contributed by atoms with Crippen LogP contribution in [0.1, 0.15) is 11.3 Å². The quantitative estimate of drug-likeness (QED) is 0.386. The van der Waals surface area contributed by atoms with E-state index in [1.54, 1.807) is 6.20 Å². The Balaban J connectivity index is 1.47. The molecule has 4 aromatic rings. The molecule has 2 heterocycles. The molecular weight excluding hydrogens is 362 g/mol. The lowest BCUT2D eigenvalue weighted by molar-refractivity contribution is 0.135. The van der Waals surface area contributed by atoms with Crippen LogP contribution < -0.4 is 5.32 Å². The minimum atomic E-state index is 0.332. The number of halogens is 1. The predicted octanol–water partition coefficient (Wildman–Crippen LogP) is 4.11. The van der Waals surface area contributed by atoms with Crippen molar-refractivity contribution in [3.63, 3.8) is 0 Å². The van der Waals surface area contributed by atoms with E-state index in [9.17, 15) is 0 Å². The third kappa shape index (κ3) is 4.24. The van der Waals surface area contributed by atoms with Gasteiger partial charge in [0, 0.05) is 16.6 Å². The Labute approximate surface area is 161 Å². The molecule has 2 aromatic carbocycles. The molecule has 0 fully saturated rings. The molecule has 6 nitrogen and oxygen atoms in total. The summed E-state index contributed by atoms with van der Waals surface area (Å²) in [6, 6.07) is 19.6. The van der Waals surface area contributed by atoms with Crippen LogP contribution >= 0.6 is 11.6 Å². The summed E-state index contributed by atoms with van der Waals surface area (Å²) in [4.78, 5) is 0. The summed E-state index contributed by atoms with van der Waals surface area (Å²) in [5.74, 6) is 0.790. The highest BCUT2D eigenvalue weighted by atomic mass is 35.5. The van der Waals surface area contributed by atoms with Crippen LogP contribution in [0.2, 0.25) is 5.02 Å². The minimum Gasteiger partial charge on any atom is -0.355 e. The van der Waals surface area contributed by atoms with E-state index in [2.05, 4.69) is 21.6 Å². The number of anilines is 1. The van der Waals surface area contributed by atoms with E-state index in [0.29, 0.717) is 19.9 Å². The smallest absolute Gasteiger partial charge is 0.157 e. The predicted molar refractivity (Wildman–Crippen MR) is 106 cm³/mol. The van der Waals surface area contributed by atoms with Crippen molar-refractivity contribution in [2.45, 2.75) is 13.2 Å². The Morgan fingerprint density at radius 3 is 2.67 bits per heavy atom. The number of hydrogen-bond donors (Lipinski definition) is 1. The van der Waals surface area contributed by atoms with Crippen molar-refractivity contribution in [1.82, 2.24) is 20.0 Å². The van der Waals surface area contributed by atoms with Crippen molar-refractivity contribution in [1.29, 1.82) is 0 Å². The maximum absolute atomic E-state index is 5.97. The van der Waals surface area contributed by atoms with Gasteiger partial charge in [-0.3, -0.25) is 4.68 Å². The SMILES string of the molecule is Clc1ccc(Cn2nc(NCOCc3cccnn3)c3ccccc32)cc1. The molecule has 0 unspecified atom stereocenters. The number of fused-ring (bicyclic) bond motifs is 1. The first kappa shape index (κ1) is 17.5. The fourth-order valence-electron chi connectivity index (χ4n) is 2.83. The number of aromatic nitrogens is 4. The molecule has 27 heavy (non-hydrogen) atoms. The molecule has 0 saturated carbocycles. The molecule has 0 atom stereocenters. The van der Waals surface area contributed by atoms with Crippen LogP contribution in [-0.2, 0) is 17.9 Å². The van der Waals surface area contributed by atoms with E-state index >= 15 is 0 Å². The number of ether oxygens (including phenoxy) is 1. The molecule has 0 bridgehead atoms.